The zero-order chi connectivity index (χ0) is 21.1. The van der Waals surface area contributed by atoms with Gasteiger partial charge in [0, 0.05) is 34.3 Å². The summed E-state index contributed by atoms with van der Waals surface area (Å²) < 4.78 is 15.4. The third-order valence-corrected chi connectivity index (χ3v) is 5.21. The molecule has 1 aromatic heterocycles. The van der Waals surface area contributed by atoms with Gasteiger partial charge in [0.2, 0.25) is 0 Å². The Kier molecular flexibility index (Phi) is 5.44. The van der Waals surface area contributed by atoms with Crippen LogP contribution in [0.5, 0.6) is 0 Å². The molecule has 0 saturated heterocycles. The highest BCUT2D eigenvalue weighted by atomic mass is 19.1. The van der Waals surface area contributed by atoms with Gasteiger partial charge in [-0.25, -0.2) is 9.82 Å². The molecule has 0 aliphatic heterocycles. The lowest BCUT2D eigenvalue weighted by molar-refractivity contribution is 0.0955. The summed E-state index contributed by atoms with van der Waals surface area (Å²) in [5, 5.41) is 5.24. The summed E-state index contributed by atoms with van der Waals surface area (Å²) in [6.07, 6.45) is 1.69. The number of halogens is 1. The number of rotatable bonds is 5. The molecule has 0 aliphatic rings. The van der Waals surface area contributed by atoms with Crippen molar-refractivity contribution in [2.45, 2.75) is 20.4 Å². The first-order chi connectivity index (χ1) is 14.5. The highest BCUT2D eigenvalue weighted by Crippen LogP contribution is 2.25. The maximum absolute atomic E-state index is 13.3. The highest BCUT2D eigenvalue weighted by Gasteiger charge is 2.13. The Morgan fingerprint density at radius 1 is 1.00 bits per heavy atom. The quantitative estimate of drug-likeness (QED) is 0.363. The lowest BCUT2D eigenvalue weighted by Gasteiger charge is -2.08. The Hall–Kier alpha value is -3.73. The van der Waals surface area contributed by atoms with Gasteiger partial charge in [-0.05, 0) is 49.7 Å². The third kappa shape index (κ3) is 4.01. The summed E-state index contributed by atoms with van der Waals surface area (Å²) in [7, 11) is 0. The van der Waals surface area contributed by atoms with Gasteiger partial charge in [-0.1, -0.05) is 48.0 Å². The summed E-state index contributed by atoms with van der Waals surface area (Å²) in [6.45, 7) is 4.62. The molecule has 0 bridgehead atoms. The lowest BCUT2D eigenvalue weighted by Crippen LogP contribution is -2.17. The average molecular weight is 399 g/mol. The van der Waals surface area contributed by atoms with Crippen molar-refractivity contribution in [3.63, 3.8) is 0 Å². The molecule has 1 amide bonds. The molecular formula is C25H22FN3O. The molecule has 4 nitrogen and oxygen atoms in total. The molecule has 150 valence electrons. The first-order valence-corrected chi connectivity index (χ1v) is 9.75. The van der Waals surface area contributed by atoms with Crippen molar-refractivity contribution in [2.75, 3.05) is 0 Å². The molecule has 0 fully saturated rings. The fourth-order valence-corrected chi connectivity index (χ4v) is 3.52. The predicted octanol–water partition coefficient (Wildman–Crippen LogP) is 5.21. The Morgan fingerprint density at radius 2 is 1.70 bits per heavy atom. The second-order valence-corrected chi connectivity index (χ2v) is 7.29. The van der Waals surface area contributed by atoms with Crippen LogP contribution in [0.2, 0.25) is 0 Å². The van der Waals surface area contributed by atoms with Crippen LogP contribution in [0, 0.1) is 19.7 Å². The van der Waals surface area contributed by atoms with Crippen LogP contribution in [0.1, 0.15) is 32.7 Å². The molecular weight excluding hydrogens is 377 g/mol. The molecule has 3 aromatic carbocycles. The summed E-state index contributed by atoms with van der Waals surface area (Å²) in [4.78, 5) is 12.3. The number of hydrogen-bond acceptors (Lipinski definition) is 2. The van der Waals surface area contributed by atoms with E-state index in [4.69, 9.17) is 0 Å². The van der Waals surface area contributed by atoms with E-state index < -0.39 is 0 Å². The van der Waals surface area contributed by atoms with Crippen molar-refractivity contribution in [3.05, 3.63) is 107 Å². The Bertz CT molecular complexity index is 1220. The number of nitrogens with one attached hydrogen (secondary N) is 1. The van der Waals surface area contributed by atoms with Gasteiger partial charge in [-0.15, -0.1) is 0 Å². The molecule has 4 aromatic rings. The van der Waals surface area contributed by atoms with E-state index in [0.717, 1.165) is 33.3 Å². The Balaban J connectivity index is 1.61. The summed E-state index contributed by atoms with van der Waals surface area (Å²) in [6, 6.07) is 21.9. The van der Waals surface area contributed by atoms with Gasteiger partial charge in [0.1, 0.15) is 5.82 Å². The van der Waals surface area contributed by atoms with E-state index >= 15 is 0 Å². The molecule has 30 heavy (non-hydrogen) atoms. The van der Waals surface area contributed by atoms with Crippen LogP contribution < -0.4 is 5.43 Å². The fraction of sp³-hybridized carbons (Fsp3) is 0.120. The fourth-order valence-electron chi connectivity index (χ4n) is 3.52. The van der Waals surface area contributed by atoms with Gasteiger partial charge >= 0.3 is 0 Å². The van der Waals surface area contributed by atoms with E-state index in [-0.39, 0.29) is 11.7 Å². The number of hydrogen-bond donors (Lipinski definition) is 1. The van der Waals surface area contributed by atoms with Crippen LogP contribution in [0.25, 0.3) is 10.9 Å². The number of carbonyl (C=O) groups is 1. The van der Waals surface area contributed by atoms with Crippen LogP contribution >= 0.6 is 0 Å². The van der Waals surface area contributed by atoms with Crippen LogP contribution in [0.3, 0.4) is 0 Å². The normalized spacial score (nSPS) is 11.3. The topological polar surface area (TPSA) is 46.4 Å². The largest absolute Gasteiger partial charge is 0.340 e. The van der Waals surface area contributed by atoms with Gasteiger partial charge in [0.05, 0.1) is 6.21 Å². The summed E-state index contributed by atoms with van der Waals surface area (Å²) in [5.41, 5.74) is 8.30. The van der Waals surface area contributed by atoms with Crippen molar-refractivity contribution in [1.82, 2.24) is 9.99 Å². The average Bonchev–Trinajstić information content (AvgIpc) is 3.01. The molecule has 0 saturated carbocycles. The van der Waals surface area contributed by atoms with Crippen LogP contribution in [-0.2, 0) is 6.54 Å². The SMILES string of the molecule is Cc1ccc(C(=O)N/N=C\c2c(C)n(Cc3ccc(F)cc3)c3ccccc23)cc1. The number of amides is 1. The van der Waals surface area contributed by atoms with Crippen molar-refractivity contribution in [2.24, 2.45) is 5.10 Å². The third-order valence-electron chi connectivity index (χ3n) is 5.21. The second-order valence-electron chi connectivity index (χ2n) is 7.29. The molecule has 0 aliphatic carbocycles. The Labute approximate surface area is 174 Å². The molecule has 1 heterocycles. The van der Waals surface area contributed by atoms with Gasteiger partial charge in [0.15, 0.2) is 0 Å². The van der Waals surface area contributed by atoms with E-state index in [9.17, 15) is 9.18 Å². The van der Waals surface area contributed by atoms with Crippen molar-refractivity contribution in [3.8, 4) is 0 Å². The van der Waals surface area contributed by atoms with Crippen LogP contribution in [0.15, 0.2) is 77.9 Å². The monoisotopic (exact) mass is 399 g/mol. The van der Waals surface area contributed by atoms with Gasteiger partial charge < -0.3 is 4.57 Å². The number of para-hydroxylation sites is 1. The minimum atomic E-state index is -0.251. The maximum atomic E-state index is 13.3. The minimum Gasteiger partial charge on any atom is -0.340 e. The van der Waals surface area contributed by atoms with E-state index in [2.05, 4.69) is 15.1 Å². The molecule has 5 heteroatoms. The number of fused-ring (bicyclic) bond motifs is 1. The number of carbonyl (C=O) groups excluding carboxylic acids is 1. The number of hydrazone groups is 1. The highest BCUT2D eigenvalue weighted by molar-refractivity contribution is 6.02. The molecule has 1 N–H and O–H groups in total. The van der Waals surface area contributed by atoms with Crippen molar-refractivity contribution < 1.29 is 9.18 Å². The van der Waals surface area contributed by atoms with E-state index in [1.54, 1.807) is 30.5 Å². The maximum Gasteiger partial charge on any atom is 0.271 e. The van der Waals surface area contributed by atoms with Gasteiger partial charge in [-0.3, -0.25) is 4.79 Å². The zero-order valence-corrected chi connectivity index (χ0v) is 16.9. The Morgan fingerprint density at radius 3 is 2.43 bits per heavy atom. The summed E-state index contributed by atoms with van der Waals surface area (Å²) in [5.74, 6) is -0.496. The first kappa shape index (κ1) is 19.6. The number of nitrogens with zero attached hydrogens (tertiary/aromatic N) is 2. The summed E-state index contributed by atoms with van der Waals surface area (Å²) >= 11 is 0. The molecule has 0 atom stereocenters. The molecule has 0 unspecified atom stereocenters. The minimum absolute atomic E-state index is 0.245. The zero-order valence-electron chi connectivity index (χ0n) is 16.9. The van der Waals surface area contributed by atoms with Crippen molar-refractivity contribution in [1.29, 1.82) is 0 Å². The van der Waals surface area contributed by atoms with E-state index in [1.165, 1.54) is 12.1 Å². The standard InChI is InChI=1S/C25H22FN3O/c1-17-7-11-20(12-8-17)25(30)28-27-15-23-18(2)29(24-6-4-3-5-22(23)24)16-19-9-13-21(26)14-10-19/h3-15H,16H2,1-2H3,(H,28,30)/b27-15-. The number of benzene rings is 3. The molecule has 0 radical (unpaired) electrons. The molecule has 0 spiro atoms. The molecule has 4 rings (SSSR count). The smallest absolute Gasteiger partial charge is 0.271 e. The van der Waals surface area contributed by atoms with E-state index in [0.29, 0.717) is 12.1 Å². The second kappa shape index (κ2) is 8.33. The first-order valence-electron chi connectivity index (χ1n) is 9.75. The number of aromatic nitrogens is 1. The van der Waals surface area contributed by atoms with Crippen LogP contribution in [-0.4, -0.2) is 16.7 Å². The van der Waals surface area contributed by atoms with Crippen molar-refractivity contribution >= 4 is 23.0 Å². The lowest BCUT2D eigenvalue weighted by atomic mass is 10.1. The van der Waals surface area contributed by atoms with Gasteiger partial charge in [0.25, 0.3) is 5.91 Å². The predicted molar refractivity (Wildman–Crippen MR) is 118 cm³/mol. The van der Waals surface area contributed by atoms with Crippen LogP contribution in [0.4, 0.5) is 4.39 Å². The van der Waals surface area contributed by atoms with Gasteiger partial charge in [-0.2, -0.15) is 5.10 Å². The number of aryl methyl sites for hydroxylation is 1. The van der Waals surface area contributed by atoms with E-state index in [1.807, 2.05) is 50.2 Å².